The molecule has 0 aliphatic rings. The van der Waals surface area contributed by atoms with Gasteiger partial charge in [0.15, 0.2) is 0 Å². The minimum Gasteiger partial charge on any atom is -0.254 e. The highest BCUT2D eigenvalue weighted by atomic mass is 79.9. The van der Waals surface area contributed by atoms with Crippen LogP contribution in [0.25, 0.3) is 43.5 Å². The Morgan fingerprint density at radius 1 is 0.652 bits per heavy atom. The Hall–Kier alpha value is -2.52. The number of rotatable bonds is 0. The molecule has 0 unspecified atom stereocenters. The molecule has 2 nitrogen and oxygen atoms in total. The summed E-state index contributed by atoms with van der Waals surface area (Å²) < 4.78 is 1.05. The Kier molecular flexibility index (Phi) is 2.67. The smallest absolute Gasteiger partial charge is 0.0976 e. The third-order valence-electron chi connectivity index (χ3n) is 4.31. The SMILES string of the molecule is Brc1cc2cc3ccc4ccccc4c3nc2c2ncccc12. The average molecular weight is 359 g/mol. The zero-order chi connectivity index (χ0) is 15.4. The highest BCUT2D eigenvalue weighted by Crippen LogP contribution is 2.33. The maximum Gasteiger partial charge on any atom is 0.0976 e. The van der Waals surface area contributed by atoms with Gasteiger partial charge in [0.1, 0.15) is 0 Å². The maximum absolute atomic E-state index is 4.99. The Balaban J connectivity index is 2.06. The lowest BCUT2D eigenvalue weighted by molar-refractivity contribution is 1.40. The minimum absolute atomic E-state index is 0.937. The van der Waals surface area contributed by atoms with E-state index in [0.29, 0.717) is 0 Å². The van der Waals surface area contributed by atoms with Crippen molar-refractivity contribution in [2.75, 3.05) is 0 Å². The summed E-state index contributed by atoms with van der Waals surface area (Å²) in [4.78, 5) is 9.56. The maximum atomic E-state index is 4.99. The van der Waals surface area contributed by atoms with E-state index < -0.39 is 0 Å². The van der Waals surface area contributed by atoms with Crippen molar-refractivity contribution in [3.8, 4) is 0 Å². The number of benzene rings is 3. The second-order valence-corrected chi connectivity index (χ2v) is 6.53. The first-order valence-corrected chi connectivity index (χ1v) is 8.26. The van der Waals surface area contributed by atoms with E-state index >= 15 is 0 Å². The largest absolute Gasteiger partial charge is 0.254 e. The first-order chi connectivity index (χ1) is 11.3. The van der Waals surface area contributed by atoms with Gasteiger partial charge in [-0.3, -0.25) is 4.98 Å². The van der Waals surface area contributed by atoms with Gasteiger partial charge in [-0.1, -0.05) is 58.4 Å². The van der Waals surface area contributed by atoms with Crippen molar-refractivity contribution >= 4 is 59.4 Å². The molecule has 23 heavy (non-hydrogen) atoms. The Morgan fingerprint density at radius 3 is 2.43 bits per heavy atom. The van der Waals surface area contributed by atoms with Crippen LogP contribution >= 0.6 is 15.9 Å². The number of fused-ring (bicyclic) bond motifs is 6. The third-order valence-corrected chi connectivity index (χ3v) is 4.97. The van der Waals surface area contributed by atoms with Gasteiger partial charge in [-0.05, 0) is 23.6 Å². The van der Waals surface area contributed by atoms with Crippen molar-refractivity contribution in [1.29, 1.82) is 0 Å². The number of aromatic nitrogens is 2. The second kappa shape index (κ2) is 4.74. The Bertz CT molecular complexity index is 1230. The number of hydrogen-bond donors (Lipinski definition) is 0. The summed E-state index contributed by atoms with van der Waals surface area (Å²) in [6, 6.07) is 21.0. The molecule has 3 heteroatoms. The highest BCUT2D eigenvalue weighted by Gasteiger charge is 2.10. The fourth-order valence-electron chi connectivity index (χ4n) is 3.23. The molecule has 2 heterocycles. The molecule has 0 saturated carbocycles. The first-order valence-electron chi connectivity index (χ1n) is 7.47. The lowest BCUT2D eigenvalue weighted by Gasteiger charge is -2.08. The molecule has 0 radical (unpaired) electrons. The van der Waals surface area contributed by atoms with Crippen molar-refractivity contribution < 1.29 is 0 Å². The topological polar surface area (TPSA) is 25.8 Å². The van der Waals surface area contributed by atoms with Crippen LogP contribution in [0.5, 0.6) is 0 Å². The van der Waals surface area contributed by atoms with Crippen LogP contribution in [0.4, 0.5) is 0 Å². The van der Waals surface area contributed by atoms with Crippen LogP contribution in [0.1, 0.15) is 0 Å². The van der Waals surface area contributed by atoms with E-state index in [2.05, 4.69) is 75.5 Å². The molecule has 0 amide bonds. The Labute approximate surface area is 140 Å². The Morgan fingerprint density at radius 2 is 1.48 bits per heavy atom. The normalized spacial score (nSPS) is 11.7. The second-order valence-electron chi connectivity index (χ2n) is 5.68. The van der Waals surface area contributed by atoms with E-state index in [9.17, 15) is 0 Å². The summed E-state index contributed by atoms with van der Waals surface area (Å²) >= 11 is 3.65. The van der Waals surface area contributed by atoms with Crippen molar-refractivity contribution in [1.82, 2.24) is 9.97 Å². The summed E-state index contributed by atoms with van der Waals surface area (Å²) in [5, 5.41) is 5.73. The van der Waals surface area contributed by atoms with Crippen LogP contribution in [0.2, 0.25) is 0 Å². The van der Waals surface area contributed by atoms with Crippen LogP contribution in [0.3, 0.4) is 0 Å². The molecule has 0 aliphatic carbocycles. The molecule has 5 rings (SSSR count). The van der Waals surface area contributed by atoms with Crippen LogP contribution < -0.4 is 0 Å². The number of pyridine rings is 2. The zero-order valence-electron chi connectivity index (χ0n) is 12.1. The van der Waals surface area contributed by atoms with Crippen LogP contribution in [-0.2, 0) is 0 Å². The van der Waals surface area contributed by atoms with E-state index in [1.807, 2.05) is 12.3 Å². The summed E-state index contributed by atoms with van der Waals surface area (Å²) in [6.07, 6.45) is 1.82. The van der Waals surface area contributed by atoms with Gasteiger partial charge < -0.3 is 0 Å². The van der Waals surface area contributed by atoms with Crippen LogP contribution in [0, 0.1) is 0 Å². The number of halogens is 1. The molecule has 0 N–H and O–H groups in total. The standard InChI is InChI=1S/C20H11BrN2/c21-17-11-14-10-13-8-7-12-4-1-2-5-15(12)18(13)23-19(14)20-16(17)6-3-9-22-20/h1-11H. The molecule has 0 atom stereocenters. The first kappa shape index (κ1) is 13.0. The van der Waals surface area contributed by atoms with Gasteiger partial charge in [0.2, 0.25) is 0 Å². The molecule has 5 aromatic rings. The molecule has 3 aromatic carbocycles. The van der Waals surface area contributed by atoms with Gasteiger partial charge in [0.05, 0.1) is 16.6 Å². The predicted octanol–water partition coefficient (Wildman–Crippen LogP) is 5.85. The monoisotopic (exact) mass is 358 g/mol. The molecular weight excluding hydrogens is 348 g/mol. The van der Waals surface area contributed by atoms with E-state index in [4.69, 9.17) is 4.98 Å². The molecule has 2 aromatic heterocycles. The third kappa shape index (κ3) is 1.87. The van der Waals surface area contributed by atoms with Crippen molar-refractivity contribution in [2.45, 2.75) is 0 Å². The van der Waals surface area contributed by atoms with Crippen molar-refractivity contribution in [3.63, 3.8) is 0 Å². The molecule has 0 aliphatic heterocycles. The zero-order valence-corrected chi connectivity index (χ0v) is 13.7. The molecule has 0 spiro atoms. The summed E-state index contributed by atoms with van der Waals surface area (Å²) in [5.41, 5.74) is 2.92. The highest BCUT2D eigenvalue weighted by molar-refractivity contribution is 9.10. The fraction of sp³-hybridized carbons (Fsp3) is 0. The lowest BCUT2D eigenvalue weighted by Crippen LogP contribution is -1.89. The average Bonchev–Trinajstić information content (AvgIpc) is 2.60. The van der Waals surface area contributed by atoms with Crippen molar-refractivity contribution in [2.24, 2.45) is 0 Å². The number of nitrogens with zero attached hydrogens (tertiary/aromatic N) is 2. The lowest BCUT2D eigenvalue weighted by atomic mass is 10.0. The van der Waals surface area contributed by atoms with Gasteiger partial charge in [0, 0.05) is 32.2 Å². The quantitative estimate of drug-likeness (QED) is 0.256. The fourth-order valence-corrected chi connectivity index (χ4v) is 3.79. The molecule has 108 valence electrons. The summed E-state index contributed by atoms with van der Waals surface area (Å²) in [5.74, 6) is 0. The van der Waals surface area contributed by atoms with Gasteiger partial charge in [-0.15, -0.1) is 0 Å². The van der Waals surface area contributed by atoms with Crippen LogP contribution in [-0.4, -0.2) is 9.97 Å². The molecular formula is C20H11BrN2. The van der Waals surface area contributed by atoms with E-state index in [1.54, 1.807) is 0 Å². The van der Waals surface area contributed by atoms with Crippen LogP contribution in [0.15, 0.2) is 71.3 Å². The summed E-state index contributed by atoms with van der Waals surface area (Å²) in [6.45, 7) is 0. The van der Waals surface area contributed by atoms with E-state index in [1.165, 1.54) is 10.8 Å². The van der Waals surface area contributed by atoms with E-state index in [-0.39, 0.29) is 0 Å². The van der Waals surface area contributed by atoms with Gasteiger partial charge in [-0.2, -0.15) is 0 Å². The number of hydrogen-bond acceptors (Lipinski definition) is 2. The van der Waals surface area contributed by atoms with E-state index in [0.717, 1.165) is 37.2 Å². The van der Waals surface area contributed by atoms with Gasteiger partial charge in [0.25, 0.3) is 0 Å². The molecule has 0 saturated heterocycles. The predicted molar refractivity (Wildman–Crippen MR) is 99.8 cm³/mol. The minimum atomic E-state index is 0.937. The summed E-state index contributed by atoms with van der Waals surface area (Å²) in [7, 11) is 0. The van der Waals surface area contributed by atoms with Gasteiger partial charge >= 0.3 is 0 Å². The van der Waals surface area contributed by atoms with Gasteiger partial charge in [-0.25, -0.2) is 4.98 Å². The van der Waals surface area contributed by atoms with Crippen molar-refractivity contribution in [3.05, 3.63) is 71.3 Å². The molecule has 0 fully saturated rings. The molecule has 0 bridgehead atoms.